The van der Waals surface area contributed by atoms with Crippen LogP contribution in [0.15, 0.2) is 84.9 Å². The van der Waals surface area contributed by atoms with Crippen molar-refractivity contribution >= 4 is 44.7 Å². The number of anilines is 2. The van der Waals surface area contributed by atoms with Gasteiger partial charge in [-0.3, -0.25) is 9.59 Å². The Bertz CT molecular complexity index is 1480. The number of benzene rings is 4. The van der Waals surface area contributed by atoms with Crippen LogP contribution in [-0.2, 0) is 0 Å². The predicted octanol–water partition coefficient (Wildman–Crippen LogP) is 6.00. The van der Waals surface area contributed by atoms with Crippen LogP contribution in [-0.4, -0.2) is 16.1 Å². The molecule has 0 aliphatic carbocycles. The summed E-state index contributed by atoms with van der Waals surface area (Å²) in [5, 5.41) is 1.83. The highest BCUT2D eigenvalue weighted by molar-refractivity contribution is 6.18. The van der Waals surface area contributed by atoms with E-state index < -0.39 is 0 Å². The molecule has 0 atom stereocenters. The average molecular weight is 448 g/mol. The van der Waals surface area contributed by atoms with E-state index in [1.54, 1.807) is 36.4 Å². The summed E-state index contributed by atoms with van der Waals surface area (Å²) >= 11 is 0. The van der Waals surface area contributed by atoms with Crippen molar-refractivity contribution in [3.8, 4) is 0 Å². The Morgan fingerprint density at radius 2 is 1.06 bits per heavy atom. The Labute approximate surface area is 197 Å². The van der Waals surface area contributed by atoms with Gasteiger partial charge in [0.25, 0.3) is 0 Å². The van der Waals surface area contributed by atoms with Crippen LogP contribution in [0.4, 0.5) is 11.4 Å². The average Bonchev–Trinajstić information content (AvgIpc) is 3.17. The maximum Gasteiger partial charge on any atom is 0.195 e. The van der Waals surface area contributed by atoms with Gasteiger partial charge in [0.05, 0.1) is 0 Å². The number of ketones is 2. The summed E-state index contributed by atoms with van der Waals surface area (Å²) in [7, 11) is 0. The van der Waals surface area contributed by atoms with Crippen molar-refractivity contribution in [2.24, 2.45) is 0 Å². The van der Waals surface area contributed by atoms with Gasteiger partial charge in [-0.15, -0.1) is 0 Å². The van der Waals surface area contributed by atoms with Crippen molar-refractivity contribution in [3.63, 3.8) is 0 Å². The van der Waals surface area contributed by atoms with Crippen molar-refractivity contribution in [2.45, 2.75) is 19.9 Å². The van der Waals surface area contributed by atoms with Gasteiger partial charge in [0, 0.05) is 61.5 Å². The van der Waals surface area contributed by atoms with Gasteiger partial charge >= 0.3 is 0 Å². The van der Waals surface area contributed by atoms with Gasteiger partial charge in [-0.2, -0.15) is 0 Å². The largest absolute Gasteiger partial charge is 0.398 e. The quantitative estimate of drug-likeness (QED) is 0.255. The topological polar surface area (TPSA) is 91.1 Å². The molecule has 5 heteroatoms. The van der Waals surface area contributed by atoms with Gasteiger partial charge in [-0.25, -0.2) is 0 Å². The molecule has 0 spiro atoms. The normalized spacial score (nSPS) is 11.4. The number of para-hydroxylation sites is 2. The molecule has 0 saturated heterocycles. The van der Waals surface area contributed by atoms with Crippen molar-refractivity contribution < 1.29 is 9.59 Å². The summed E-state index contributed by atoms with van der Waals surface area (Å²) in [4.78, 5) is 26.5. The number of nitrogen functional groups attached to an aromatic ring is 2. The van der Waals surface area contributed by atoms with Crippen molar-refractivity contribution in [1.82, 2.24) is 4.57 Å². The van der Waals surface area contributed by atoms with Gasteiger partial charge in [0.15, 0.2) is 11.6 Å². The first kappa shape index (κ1) is 21.5. The summed E-state index contributed by atoms with van der Waals surface area (Å²) in [6.07, 6.45) is 0. The van der Waals surface area contributed by atoms with Crippen LogP contribution in [0.1, 0.15) is 51.7 Å². The van der Waals surface area contributed by atoms with Crippen LogP contribution < -0.4 is 11.5 Å². The minimum Gasteiger partial charge on any atom is -0.398 e. The molecule has 1 heterocycles. The number of carbonyl (C=O) groups is 2. The number of fused-ring (bicyclic) bond motifs is 3. The molecule has 0 saturated carbocycles. The zero-order chi connectivity index (χ0) is 24.0. The molecule has 0 fully saturated rings. The fraction of sp³-hybridized carbons (Fsp3) is 0.103. The predicted molar refractivity (Wildman–Crippen MR) is 138 cm³/mol. The summed E-state index contributed by atoms with van der Waals surface area (Å²) in [5.41, 5.74) is 17.1. The number of hydrogen-bond donors (Lipinski definition) is 2. The molecule has 0 bridgehead atoms. The maximum absolute atomic E-state index is 13.2. The molecule has 4 N–H and O–H groups in total. The Kier molecular flexibility index (Phi) is 5.17. The molecule has 168 valence electrons. The van der Waals surface area contributed by atoms with E-state index in [4.69, 9.17) is 11.5 Å². The van der Waals surface area contributed by atoms with Crippen LogP contribution in [0.3, 0.4) is 0 Å². The molecular weight excluding hydrogens is 422 g/mol. The van der Waals surface area contributed by atoms with Crippen LogP contribution in [0, 0.1) is 0 Å². The first-order valence-corrected chi connectivity index (χ1v) is 11.2. The molecule has 0 aliphatic heterocycles. The maximum atomic E-state index is 13.2. The van der Waals surface area contributed by atoms with Gasteiger partial charge < -0.3 is 16.0 Å². The second-order valence-corrected chi connectivity index (χ2v) is 8.76. The molecule has 5 rings (SSSR count). The van der Waals surface area contributed by atoms with E-state index >= 15 is 0 Å². The molecule has 34 heavy (non-hydrogen) atoms. The molecule has 5 aromatic rings. The van der Waals surface area contributed by atoms with E-state index in [2.05, 4.69) is 18.4 Å². The zero-order valence-corrected chi connectivity index (χ0v) is 19.1. The van der Waals surface area contributed by atoms with E-state index in [1.807, 2.05) is 48.5 Å². The lowest BCUT2D eigenvalue weighted by atomic mass is 9.98. The van der Waals surface area contributed by atoms with E-state index in [0.717, 1.165) is 21.8 Å². The minimum atomic E-state index is -0.130. The third-order valence-electron chi connectivity index (χ3n) is 6.25. The molecule has 5 nitrogen and oxygen atoms in total. The van der Waals surface area contributed by atoms with Crippen molar-refractivity contribution in [2.75, 3.05) is 11.5 Å². The lowest BCUT2D eigenvalue weighted by molar-refractivity contribution is 0.103. The number of nitrogens with two attached hydrogens (primary N) is 2. The smallest absolute Gasteiger partial charge is 0.195 e. The highest BCUT2D eigenvalue weighted by Crippen LogP contribution is 2.34. The minimum absolute atomic E-state index is 0.130. The SMILES string of the molecule is CC(C)n1c2ccc(C(=O)c3ccccc3N)cc2c2cc(C(=O)c3ccccc3N)ccc21. The van der Waals surface area contributed by atoms with Crippen LogP contribution in [0.2, 0.25) is 0 Å². The summed E-state index contributed by atoms with van der Waals surface area (Å²) in [5.74, 6) is -0.260. The monoisotopic (exact) mass is 447 g/mol. The summed E-state index contributed by atoms with van der Waals surface area (Å²) in [6.45, 7) is 4.23. The molecule has 0 radical (unpaired) electrons. The zero-order valence-electron chi connectivity index (χ0n) is 19.1. The Balaban J connectivity index is 1.71. The molecule has 4 aromatic carbocycles. The first-order chi connectivity index (χ1) is 16.4. The van der Waals surface area contributed by atoms with Crippen molar-refractivity contribution in [3.05, 3.63) is 107 Å². The van der Waals surface area contributed by atoms with E-state index in [9.17, 15) is 9.59 Å². The Hall–Kier alpha value is -4.38. The lowest BCUT2D eigenvalue weighted by Gasteiger charge is -2.12. The molecule has 0 amide bonds. The van der Waals surface area contributed by atoms with E-state index in [1.165, 1.54) is 0 Å². The molecule has 1 aromatic heterocycles. The number of hydrogen-bond acceptors (Lipinski definition) is 4. The summed E-state index contributed by atoms with van der Waals surface area (Å²) < 4.78 is 2.22. The molecular formula is C29H25N3O2. The highest BCUT2D eigenvalue weighted by atomic mass is 16.1. The fourth-order valence-corrected chi connectivity index (χ4v) is 4.61. The lowest BCUT2D eigenvalue weighted by Crippen LogP contribution is -2.05. The van der Waals surface area contributed by atoms with Crippen LogP contribution in [0.5, 0.6) is 0 Å². The molecule has 0 aliphatic rings. The number of aromatic nitrogens is 1. The first-order valence-electron chi connectivity index (χ1n) is 11.2. The van der Waals surface area contributed by atoms with E-state index in [-0.39, 0.29) is 17.6 Å². The Morgan fingerprint density at radius 1 is 0.647 bits per heavy atom. The second-order valence-electron chi connectivity index (χ2n) is 8.76. The van der Waals surface area contributed by atoms with Crippen LogP contribution >= 0.6 is 0 Å². The number of rotatable bonds is 5. The number of carbonyl (C=O) groups excluding carboxylic acids is 2. The third-order valence-corrected chi connectivity index (χ3v) is 6.25. The van der Waals surface area contributed by atoms with Gasteiger partial charge in [0.1, 0.15) is 0 Å². The number of nitrogens with zero attached hydrogens (tertiary/aromatic N) is 1. The highest BCUT2D eigenvalue weighted by Gasteiger charge is 2.19. The second kappa shape index (κ2) is 8.19. The fourth-order valence-electron chi connectivity index (χ4n) is 4.61. The third kappa shape index (κ3) is 3.42. The van der Waals surface area contributed by atoms with E-state index in [0.29, 0.717) is 33.6 Å². The van der Waals surface area contributed by atoms with Gasteiger partial charge in [-0.05, 0) is 74.5 Å². The Morgan fingerprint density at radius 3 is 1.44 bits per heavy atom. The molecule has 0 unspecified atom stereocenters. The van der Waals surface area contributed by atoms with Gasteiger partial charge in [0.2, 0.25) is 0 Å². The summed E-state index contributed by atoms with van der Waals surface area (Å²) in [6, 6.07) is 25.8. The van der Waals surface area contributed by atoms with Crippen molar-refractivity contribution in [1.29, 1.82) is 0 Å². The van der Waals surface area contributed by atoms with Crippen LogP contribution in [0.25, 0.3) is 21.8 Å². The van der Waals surface area contributed by atoms with Gasteiger partial charge in [-0.1, -0.05) is 24.3 Å². The standard InChI is InChI=1S/C29H25N3O2/c1-17(2)32-26-13-11-18(28(33)20-7-3-5-9-24(20)30)15-22(26)23-16-19(12-14-27(23)32)29(34)21-8-4-6-10-25(21)31/h3-17H,30-31H2,1-2H3.